The van der Waals surface area contributed by atoms with Crippen LogP contribution >= 0.6 is 12.2 Å². The Morgan fingerprint density at radius 1 is 1.14 bits per heavy atom. The van der Waals surface area contributed by atoms with E-state index in [9.17, 15) is 13.6 Å². The molecule has 1 atom stereocenters. The van der Waals surface area contributed by atoms with Crippen molar-refractivity contribution in [2.75, 3.05) is 12.0 Å². The number of allylic oxidation sites excluding steroid dienone is 1. The van der Waals surface area contributed by atoms with Gasteiger partial charge in [0.25, 0.3) is 0 Å². The fourth-order valence-corrected chi connectivity index (χ4v) is 3.52. The summed E-state index contributed by atoms with van der Waals surface area (Å²) < 4.78 is 35.3. The zero-order valence-electron chi connectivity index (χ0n) is 15.2. The first kappa shape index (κ1) is 19.8. The van der Waals surface area contributed by atoms with Crippen molar-refractivity contribution in [3.63, 3.8) is 0 Å². The number of methoxy groups -OCH3 is 1. The standard InChI is InChI=1S/C20H18F2N2O3S/c1-12-16(18(25)26-2)17(14-10-6-7-11-15(14)27-19(21)22)23-20(28)24(12)13-8-4-3-5-9-13/h3-11,17,19H,1-2H3,(H,23,28)/t17-/m1/s1. The first-order valence-electron chi connectivity index (χ1n) is 8.42. The van der Waals surface area contributed by atoms with Gasteiger partial charge in [0.05, 0.1) is 18.7 Å². The largest absolute Gasteiger partial charge is 0.466 e. The van der Waals surface area contributed by atoms with Gasteiger partial charge in [-0.1, -0.05) is 36.4 Å². The Morgan fingerprint density at radius 2 is 1.79 bits per heavy atom. The third kappa shape index (κ3) is 3.82. The van der Waals surface area contributed by atoms with Gasteiger partial charge in [-0.05, 0) is 37.3 Å². The van der Waals surface area contributed by atoms with Gasteiger partial charge in [-0.25, -0.2) is 4.79 Å². The molecular formula is C20H18F2N2O3S. The molecular weight excluding hydrogens is 386 g/mol. The van der Waals surface area contributed by atoms with E-state index in [4.69, 9.17) is 17.0 Å². The number of rotatable bonds is 5. The van der Waals surface area contributed by atoms with Crippen LogP contribution in [0.2, 0.25) is 0 Å². The number of hydrogen-bond donors (Lipinski definition) is 1. The molecule has 28 heavy (non-hydrogen) atoms. The van der Waals surface area contributed by atoms with E-state index >= 15 is 0 Å². The van der Waals surface area contributed by atoms with Crippen LogP contribution < -0.4 is 15.0 Å². The summed E-state index contributed by atoms with van der Waals surface area (Å²) in [4.78, 5) is 14.3. The minimum atomic E-state index is -3.00. The van der Waals surface area contributed by atoms with Crippen LogP contribution in [-0.2, 0) is 9.53 Å². The number of thiocarbonyl (C=S) groups is 1. The highest BCUT2D eigenvalue weighted by Crippen LogP contribution is 2.37. The molecule has 1 heterocycles. The number of carbonyl (C=O) groups excluding carboxylic acids is 1. The van der Waals surface area contributed by atoms with Crippen LogP contribution in [0.5, 0.6) is 5.75 Å². The van der Waals surface area contributed by atoms with E-state index in [-0.39, 0.29) is 11.3 Å². The Morgan fingerprint density at radius 3 is 2.43 bits per heavy atom. The van der Waals surface area contributed by atoms with Gasteiger partial charge in [0.2, 0.25) is 0 Å². The van der Waals surface area contributed by atoms with Gasteiger partial charge < -0.3 is 14.8 Å². The summed E-state index contributed by atoms with van der Waals surface area (Å²) in [6, 6.07) is 14.7. The molecule has 0 fully saturated rings. The highest BCUT2D eigenvalue weighted by molar-refractivity contribution is 7.80. The maximum absolute atomic E-state index is 12.8. The van der Waals surface area contributed by atoms with Gasteiger partial charge in [0.15, 0.2) is 5.11 Å². The molecule has 5 nitrogen and oxygen atoms in total. The summed E-state index contributed by atoms with van der Waals surface area (Å²) in [6.07, 6.45) is 0. The number of ether oxygens (including phenoxy) is 2. The van der Waals surface area contributed by atoms with Crippen molar-refractivity contribution >= 4 is 29.0 Å². The van der Waals surface area contributed by atoms with E-state index in [2.05, 4.69) is 10.1 Å². The van der Waals surface area contributed by atoms with E-state index in [0.717, 1.165) is 5.69 Å². The minimum Gasteiger partial charge on any atom is -0.466 e. The summed E-state index contributed by atoms with van der Waals surface area (Å²) in [5.41, 5.74) is 1.91. The number of anilines is 1. The van der Waals surface area contributed by atoms with E-state index in [0.29, 0.717) is 16.4 Å². The number of nitrogens with one attached hydrogen (secondary N) is 1. The van der Waals surface area contributed by atoms with Crippen LogP contribution in [0, 0.1) is 0 Å². The second kappa shape index (κ2) is 8.35. The number of benzene rings is 2. The summed E-state index contributed by atoms with van der Waals surface area (Å²) in [7, 11) is 1.26. The molecule has 0 unspecified atom stereocenters. The molecule has 2 aromatic rings. The third-order valence-electron chi connectivity index (χ3n) is 4.35. The van der Waals surface area contributed by atoms with Crippen LogP contribution in [-0.4, -0.2) is 24.8 Å². The lowest BCUT2D eigenvalue weighted by Gasteiger charge is -2.37. The highest BCUT2D eigenvalue weighted by Gasteiger charge is 2.36. The Balaban J connectivity index is 2.14. The van der Waals surface area contributed by atoms with Crippen molar-refractivity contribution in [1.29, 1.82) is 0 Å². The van der Waals surface area contributed by atoms with Crippen molar-refractivity contribution in [3.05, 3.63) is 71.4 Å². The molecule has 0 saturated heterocycles. The van der Waals surface area contributed by atoms with E-state index < -0.39 is 18.6 Å². The second-order valence-electron chi connectivity index (χ2n) is 5.96. The fourth-order valence-electron chi connectivity index (χ4n) is 3.16. The Labute approximate surface area is 166 Å². The molecule has 2 aromatic carbocycles. The first-order chi connectivity index (χ1) is 13.4. The van der Waals surface area contributed by atoms with Crippen LogP contribution in [0.25, 0.3) is 0 Å². The summed E-state index contributed by atoms with van der Waals surface area (Å²) in [5, 5.41) is 3.39. The monoisotopic (exact) mass is 404 g/mol. The molecule has 0 radical (unpaired) electrons. The smallest absolute Gasteiger partial charge is 0.387 e. The average molecular weight is 404 g/mol. The number of para-hydroxylation sites is 2. The first-order valence-corrected chi connectivity index (χ1v) is 8.83. The fraction of sp³-hybridized carbons (Fsp3) is 0.200. The second-order valence-corrected chi connectivity index (χ2v) is 6.35. The van der Waals surface area contributed by atoms with Gasteiger partial charge in [-0.3, -0.25) is 4.90 Å². The van der Waals surface area contributed by atoms with E-state index in [1.54, 1.807) is 30.0 Å². The number of esters is 1. The summed E-state index contributed by atoms with van der Waals surface area (Å²) in [5.74, 6) is -0.634. The predicted molar refractivity (Wildman–Crippen MR) is 105 cm³/mol. The Bertz CT molecular complexity index is 919. The Kier molecular flexibility index (Phi) is 5.89. The van der Waals surface area contributed by atoms with Gasteiger partial charge in [0, 0.05) is 16.9 Å². The maximum atomic E-state index is 12.8. The zero-order chi connectivity index (χ0) is 20.3. The van der Waals surface area contributed by atoms with Crippen LogP contribution in [0.1, 0.15) is 18.5 Å². The lowest BCUT2D eigenvalue weighted by Crippen LogP contribution is -2.48. The van der Waals surface area contributed by atoms with Crippen LogP contribution in [0.15, 0.2) is 65.9 Å². The maximum Gasteiger partial charge on any atom is 0.387 e. The highest BCUT2D eigenvalue weighted by atomic mass is 32.1. The summed E-state index contributed by atoms with van der Waals surface area (Å²) >= 11 is 5.51. The SMILES string of the molecule is COC(=O)C1=C(C)N(c2ccccc2)C(=S)N[C@@H]1c1ccccc1OC(F)F. The molecule has 0 saturated carbocycles. The number of carbonyl (C=O) groups is 1. The number of halogens is 2. The Hall–Kier alpha value is -3.00. The van der Waals surface area contributed by atoms with Crippen molar-refractivity contribution in [2.45, 2.75) is 19.6 Å². The number of nitrogens with zero attached hydrogens (tertiary/aromatic N) is 1. The molecule has 0 aromatic heterocycles. The van der Waals surface area contributed by atoms with Gasteiger partial charge in [-0.2, -0.15) is 8.78 Å². The molecule has 3 rings (SSSR count). The zero-order valence-corrected chi connectivity index (χ0v) is 16.0. The predicted octanol–water partition coefficient (Wildman–Crippen LogP) is 4.17. The summed E-state index contributed by atoms with van der Waals surface area (Å²) in [6.45, 7) is -1.26. The van der Waals surface area contributed by atoms with Gasteiger partial charge in [-0.15, -0.1) is 0 Å². The van der Waals surface area contributed by atoms with Crippen LogP contribution in [0.3, 0.4) is 0 Å². The molecule has 0 aliphatic carbocycles. The molecule has 0 amide bonds. The number of alkyl halides is 2. The normalized spacial score (nSPS) is 16.8. The molecule has 1 aliphatic rings. The molecule has 8 heteroatoms. The average Bonchev–Trinajstić information content (AvgIpc) is 2.68. The van der Waals surface area contributed by atoms with E-state index in [1.807, 2.05) is 30.3 Å². The molecule has 1 aliphatic heterocycles. The molecule has 0 spiro atoms. The van der Waals surface area contributed by atoms with Crippen LogP contribution in [0.4, 0.5) is 14.5 Å². The van der Waals surface area contributed by atoms with Crippen molar-refractivity contribution < 1.29 is 23.0 Å². The van der Waals surface area contributed by atoms with E-state index in [1.165, 1.54) is 13.2 Å². The number of hydrogen-bond acceptors (Lipinski definition) is 4. The van der Waals surface area contributed by atoms with Crippen molar-refractivity contribution in [3.8, 4) is 5.75 Å². The quantitative estimate of drug-likeness (QED) is 0.596. The van der Waals surface area contributed by atoms with Crippen molar-refractivity contribution in [2.24, 2.45) is 0 Å². The lowest BCUT2D eigenvalue weighted by molar-refractivity contribution is -0.136. The van der Waals surface area contributed by atoms with Gasteiger partial charge >= 0.3 is 12.6 Å². The minimum absolute atomic E-state index is 0.0415. The third-order valence-corrected chi connectivity index (χ3v) is 4.65. The molecule has 0 bridgehead atoms. The molecule has 146 valence electrons. The van der Waals surface area contributed by atoms with Gasteiger partial charge in [0.1, 0.15) is 5.75 Å². The molecule has 1 N–H and O–H groups in total. The topological polar surface area (TPSA) is 50.8 Å². The lowest BCUT2D eigenvalue weighted by atomic mass is 9.94. The van der Waals surface area contributed by atoms with Crippen molar-refractivity contribution in [1.82, 2.24) is 5.32 Å².